The van der Waals surface area contributed by atoms with Crippen LogP contribution in [0.1, 0.15) is 23.2 Å². The maximum atomic E-state index is 13.0. The smallest absolute Gasteiger partial charge is 0.416 e. The lowest BCUT2D eigenvalue weighted by molar-refractivity contribution is -0.137. The zero-order valence-electron chi connectivity index (χ0n) is 16.0. The van der Waals surface area contributed by atoms with Crippen LogP contribution in [0.15, 0.2) is 59.2 Å². The van der Waals surface area contributed by atoms with Crippen LogP contribution in [0.2, 0.25) is 0 Å². The Morgan fingerprint density at radius 1 is 1.17 bits per heavy atom. The summed E-state index contributed by atoms with van der Waals surface area (Å²) >= 11 is 1.40. The molecular weight excluding hydrogens is 413 g/mol. The third-order valence-electron chi connectivity index (χ3n) is 4.87. The highest BCUT2D eigenvalue weighted by atomic mass is 32.2. The van der Waals surface area contributed by atoms with Crippen molar-refractivity contribution in [3.8, 4) is 11.5 Å². The van der Waals surface area contributed by atoms with E-state index in [9.17, 15) is 18.0 Å². The van der Waals surface area contributed by atoms with Crippen LogP contribution in [0.4, 0.5) is 18.9 Å². The van der Waals surface area contributed by atoms with Crippen LogP contribution >= 0.6 is 11.8 Å². The van der Waals surface area contributed by atoms with Crippen molar-refractivity contribution in [3.05, 3.63) is 71.6 Å². The molecule has 0 fully saturated rings. The number of benzene rings is 2. The molecule has 8 heteroatoms. The Balaban J connectivity index is 1.37. The number of alkyl halides is 3. The van der Waals surface area contributed by atoms with E-state index in [0.717, 1.165) is 23.4 Å². The van der Waals surface area contributed by atoms with Gasteiger partial charge >= 0.3 is 6.18 Å². The number of rotatable bonds is 5. The topological polar surface area (TPSA) is 46.3 Å². The highest BCUT2D eigenvalue weighted by molar-refractivity contribution is 7.99. The lowest BCUT2D eigenvalue weighted by Crippen LogP contribution is -2.36. The van der Waals surface area contributed by atoms with Gasteiger partial charge in [-0.25, -0.2) is 4.98 Å². The van der Waals surface area contributed by atoms with Crippen LogP contribution in [0, 0.1) is 0 Å². The number of nitrogens with zero attached hydrogens (tertiary/aromatic N) is 2. The number of carbonyl (C=O) groups excluding carboxylic acids is 1. The first-order valence-electron chi connectivity index (χ1n) is 9.50. The average Bonchev–Trinajstić information content (AvgIpc) is 3.22. The first-order chi connectivity index (χ1) is 14.4. The average molecular weight is 432 g/mol. The zero-order chi connectivity index (χ0) is 21.1. The van der Waals surface area contributed by atoms with Crippen molar-refractivity contribution in [1.29, 1.82) is 0 Å². The summed E-state index contributed by atoms with van der Waals surface area (Å²) in [6.45, 7) is 0.514. The molecule has 4 rings (SSSR count). The number of oxazole rings is 1. The van der Waals surface area contributed by atoms with E-state index in [2.05, 4.69) is 4.98 Å². The fraction of sp³-hybridized carbons (Fsp3) is 0.273. The fourth-order valence-corrected chi connectivity index (χ4v) is 4.21. The van der Waals surface area contributed by atoms with E-state index in [4.69, 9.17) is 4.42 Å². The Morgan fingerprint density at radius 3 is 2.73 bits per heavy atom. The highest BCUT2D eigenvalue weighted by Gasteiger charge is 2.32. The van der Waals surface area contributed by atoms with E-state index in [0.29, 0.717) is 42.3 Å². The summed E-state index contributed by atoms with van der Waals surface area (Å²) in [5.74, 6) is 1.14. The lowest BCUT2D eigenvalue weighted by atomic mass is 9.99. The third kappa shape index (κ3) is 4.53. The molecule has 2 heterocycles. The van der Waals surface area contributed by atoms with Gasteiger partial charge in [0.2, 0.25) is 11.8 Å². The summed E-state index contributed by atoms with van der Waals surface area (Å²) in [4.78, 5) is 18.7. The summed E-state index contributed by atoms with van der Waals surface area (Å²) in [7, 11) is 0. The number of hydrogen-bond acceptors (Lipinski definition) is 4. The molecule has 0 saturated carbocycles. The highest BCUT2D eigenvalue weighted by Crippen LogP contribution is 2.35. The van der Waals surface area contributed by atoms with E-state index in [-0.39, 0.29) is 11.7 Å². The molecule has 1 aliphatic rings. The van der Waals surface area contributed by atoms with E-state index < -0.39 is 11.7 Å². The predicted molar refractivity (Wildman–Crippen MR) is 110 cm³/mol. The van der Waals surface area contributed by atoms with Gasteiger partial charge in [-0.1, -0.05) is 18.2 Å². The van der Waals surface area contributed by atoms with Crippen molar-refractivity contribution in [2.75, 3.05) is 17.2 Å². The number of anilines is 1. The minimum Gasteiger partial charge on any atom is -0.444 e. The standard InChI is InChI=1S/C22H19F3N2O2S/c23-22(24,25)17-8-9-19-16(11-17)7-4-10-27(19)20(28)14-30-13-18-12-29-21(26-18)15-5-2-1-3-6-15/h1-3,5-6,8-9,11-12H,4,7,10,13-14H2. The first kappa shape index (κ1) is 20.5. The van der Waals surface area contributed by atoms with Crippen LogP contribution in [-0.2, 0) is 23.1 Å². The summed E-state index contributed by atoms with van der Waals surface area (Å²) in [6.07, 6.45) is -1.62. The number of aryl methyl sites for hydroxylation is 1. The maximum absolute atomic E-state index is 13.0. The predicted octanol–water partition coefficient (Wildman–Crippen LogP) is 5.57. The molecule has 0 bridgehead atoms. The summed E-state index contributed by atoms with van der Waals surface area (Å²) < 4.78 is 44.4. The Bertz CT molecular complexity index is 1030. The second-order valence-electron chi connectivity index (χ2n) is 6.99. The quantitative estimate of drug-likeness (QED) is 0.529. The van der Waals surface area contributed by atoms with Crippen LogP contribution in [0.3, 0.4) is 0 Å². The van der Waals surface area contributed by atoms with E-state index in [1.54, 1.807) is 11.2 Å². The molecule has 0 aliphatic carbocycles. The molecule has 1 amide bonds. The lowest BCUT2D eigenvalue weighted by Gasteiger charge is -2.30. The molecule has 1 aliphatic heterocycles. The maximum Gasteiger partial charge on any atom is 0.416 e. The van der Waals surface area contributed by atoms with Crippen molar-refractivity contribution >= 4 is 23.4 Å². The second-order valence-corrected chi connectivity index (χ2v) is 7.98. The molecule has 156 valence electrons. The Morgan fingerprint density at radius 2 is 1.97 bits per heavy atom. The minimum absolute atomic E-state index is 0.118. The van der Waals surface area contributed by atoms with Crippen molar-refractivity contribution < 1.29 is 22.4 Å². The minimum atomic E-state index is -4.38. The number of aromatic nitrogens is 1. The van der Waals surface area contributed by atoms with Gasteiger partial charge in [-0.3, -0.25) is 4.79 Å². The SMILES string of the molecule is O=C(CSCc1coc(-c2ccccc2)n1)N1CCCc2cc(C(F)(F)F)ccc21. The van der Waals surface area contributed by atoms with Gasteiger partial charge in [0.25, 0.3) is 0 Å². The van der Waals surface area contributed by atoms with Crippen molar-refractivity contribution in [2.24, 2.45) is 0 Å². The molecule has 30 heavy (non-hydrogen) atoms. The summed E-state index contributed by atoms with van der Waals surface area (Å²) in [5.41, 5.74) is 2.09. The van der Waals surface area contributed by atoms with Gasteiger partial charge < -0.3 is 9.32 Å². The molecular formula is C22H19F3N2O2S. The third-order valence-corrected chi connectivity index (χ3v) is 5.83. The van der Waals surface area contributed by atoms with Gasteiger partial charge in [0.1, 0.15) is 6.26 Å². The van der Waals surface area contributed by atoms with E-state index in [1.807, 2.05) is 30.3 Å². The van der Waals surface area contributed by atoms with E-state index >= 15 is 0 Å². The number of carbonyl (C=O) groups is 1. The van der Waals surface area contributed by atoms with Crippen LogP contribution < -0.4 is 4.90 Å². The number of amides is 1. The van der Waals surface area contributed by atoms with Gasteiger partial charge in [0, 0.05) is 23.5 Å². The molecule has 0 unspecified atom stereocenters. The number of halogens is 3. The molecule has 0 radical (unpaired) electrons. The first-order valence-corrected chi connectivity index (χ1v) is 10.7. The van der Waals surface area contributed by atoms with E-state index in [1.165, 1.54) is 17.8 Å². The van der Waals surface area contributed by atoms with Gasteiger partial charge in [0.05, 0.1) is 17.0 Å². The molecule has 2 aromatic carbocycles. The number of hydrogen-bond donors (Lipinski definition) is 0. The van der Waals surface area contributed by atoms with Crippen molar-refractivity contribution in [2.45, 2.75) is 24.8 Å². The molecule has 0 saturated heterocycles. The largest absolute Gasteiger partial charge is 0.444 e. The molecule has 3 aromatic rings. The van der Waals surface area contributed by atoms with Crippen LogP contribution in [0.25, 0.3) is 11.5 Å². The Kier molecular flexibility index (Phi) is 5.85. The van der Waals surface area contributed by atoms with Crippen LogP contribution in [-0.4, -0.2) is 23.2 Å². The second kappa shape index (κ2) is 8.55. The van der Waals surface area contributed by atoms with Crippen molar-refractivity contribution in [1.82, 2.24) is 4.98 Å². The zero-order valence-corrected chi connectivity index (χ0v) is 16.8. The van der Waals surface area contributed by atoms with Gasteiger partial charge in [-0.2, -0.15) is 13.2 Å². The Labute approximate surface area is 176 Å². The molecule has 0 atom stereocenters. The molecule has 0 spiro atoms. The fourth-order valence-electron chi connectivity index (χ4n) is 3.44. The number of thioether (sulfide) groups is 1. The van der Waals surface area contributed by atoms with Crippen molar-refractivity contribution in [3.63, 3.8) is 0 Å². The monoisotopic (exact) mass is 432 g/mol. The number of fused-ring (bicyclic) bond motifs is 1. The summed E-state index contributed by atoms with van der Waals surface area (Å²) in [5, 5.41) is 0. The molecule has 4 nitrogen and oxygen atoms in total. The summed E-state index contributed by atoms with van der Waals surface area (Å²) in [6, 6.07) is 13.1. The molecule has 1 aromatic heterocycles. The van der Waals surface area contributed by atoms with Gasteiger partial charge in [-0.05, 0) is 48.7 Å². The van der Waals surface area contributed by atoms with Crippen LogP contribution in [0.5, 0.6) is 0 Å². The Hall–Kier alpha value is -2.74. The normalized spacial score (nSPS) is 13.9. The van der Waals surface area contributed by atoms with Gasteiger partial charge in [0.15, 0.2) is 0 Å². The molecule has 0 N–H and O–H groups in total. The van der Waals surface area contributed by atoms with Gasteiger partial charge in [-0.15, -0.1) is 11.8 Å².